The molecule has 0 atom stereocenters. The molecule has 0 spiro atoms. The second-order valence-corrected chi connectivity index (χ2v) is 8.72. The highest BCUT2D eigenvalue weighted by molar-refractivity contribution is 7.89. The van der Waals surface area contributed by atoms with Crippen molar-refractivity contribution in [3.8, 4) is 0 Å². The van der Waals surface area contributed by atoms with Gasteiger partial charge in [-0.3, -0.25) is 9.48 Å². The maximum Gasteiger partial charge on any atom is 0.273 e. The number of nitrogens with one attached hydrogen (secondary N) is 2. The highest BCUT2D eigenvalue weighted by Gasteiger charge is 2.22. The predicted octanol–water partition coefficient (Wildman–Crippen LogP) is 1.63. The molecule has 1 heterocycles. The van der Waals surface area contributed by atoms with E-state index < -0.39 is 10.0 Å². The number of aromatic nitrogens is 2. The van der Waals surface area contributed by atoms with Gasteiger partial charge in [0.25, 0.3) is 5.91 Å². The second-order valence-electron chi connectivity index (χ2n) is 6.96. The molecule has 2 rings (SSSR count). The van der Waals surface area contributed by atoms with Crippen LogP contribution in [-0.4, -0.2) is 37.2 Å². The molecule has 1 amide bonds. The molecule has 4 N–H and O–H groups in total. The van der Waals surface area contributed by atoms with Crippen LogP contribution in [0.1, 0.15) is 37.0 Å². The summed E-state index contributed by atoms with van der Waals surface area (Å²) >= 11 is 0. The van der Waals surface area contributed by atoms with Crippen molar-refractivity contribution in [1.82, 2.24) is 14.5 Å². The number of benzene rings is 1. The number of carbonyl (C=O) groups is 1. The van der Waals surface area contributed by atoms with Gasteiger partial charge in [0.1, 0.15) is 5.69 Å². The van der Waals surface area contributed by atoms with Crippen LogP contribution >= 0.6 is 12.4 Å². The van der Waals surface area contributed by atoms with E-state index in [0.717, 1.165) is 5.69 Å². The van der Waals surface area contributed by atoms with Crippen molar-refractivity contribution in [3.63, 3.8) is 0 Å². The summed E-state index contributed by atoms with van der Waals surface area (Å²) < 4.78 is 28.2. The summed E-state index contributed by atoms with van der Waals surface area (Å²) in [6, 6.07) is 7.78. The number of anilines is 1. The first-order valence-corrected chi connectivity index (χ1v) is 9.68. The number of hydrogen-bond donors (Lipinski definition) is 3. The Hall–Kier alpha value is -1.94. The molecule has 8 nitrogen and oxygen atoms in total. The molecule has 0 aliphatic carbocycles. The van der Waals surface area contributed by atoms with Crippen molar-refractivity contribution in [2.75, 3.05) is 18.4 Å². The highest BCUT2D eigenvalue weighted by Crippen LogP contribution is 2.22. The lowest BCUT2D eigenvalue weighted by Crippen LogP contribution is -2.29. The molecule has 0 aliphatic heterocycles. The molecule has 2 aromatic rings. The van der Waals surface area contributed by atoms with Crippen LogP contribution in [0.4, 0.5) is 5.69 Å². The maximum atomic E-state index is 12.6. The van der Waals surface area contributed by atoms with Crippen molar-refractivity contribution >= 4 is 34.0 Å². The number of sulfonamides is 1. The zero-order chi connectivity index (χ0) is 19.5. The van der Waals surface area contributed by atoms with Crippen molar-refractivity contribution in [3.05, 3.63) is 41.7 Å². The molecule has 150 valence electrons. The van der Waals surface area contributed by atoms with Gasteiger partial charge in [0, 0.05) is 31.2 Å². The van der Waals surface area contributed by atoms with Crippen molar-refractivity contribution in [2.45, 2.75) is 31.1 Å². The summed E-state index contributed by atoms with van der Waals surface area (Å²) in [6.07, 6.45) is 0. The molecule has 1 aromatic carbocycles. The third-order valence-electron chi connectivity index (χ3n) is 3.72. The zero-order valence-electron chi connectivity index (χ0n) is 15.8. The van der Waals surface area contributed by atoms with E-state index in [2.05, 4.69) is 15.1 Å². The second kappa shape index (κ2) is 8.83. The number of halogens is 1. The lowest BCUT2D eigenvalue weighted by atomic mass is 9.92. The fourth-order valence-corrected chi connectivity index (χ4v) is 3.35. The minimum atomic E-state index is -3.67. The first kappa shape index (κ1) is 23.1. The molecule has 27 heavy (non-hydrogen) atoms. The van der Waals surface area contributed by atoms with Gasteiger partial charge in [0.2, 0.25) is 10.0 Å². The van der Waals surface area contributed by atoms with Crippen LogP contribution in [-0.2, 0) is 22.5 Å². The van der Waals surface area contributed by atoms with Crippen molar-refractivity contribution in [2.24, 2.45) is 12.8 Å². The summed E-state index contributed by atoms with van der Waals surface area (Å²) in [4.78, 5) is 12.6. The number of amides is 1. The third kappa shape index (κ3) is 5.77. The lowest BCUT2D eigenvalue weighted by Gasteiger charge is -2.13. The quantitative estimate of drug-likeness (QED) is 0.662. The van der Waals surface area contributed by atoms with Crippen LogP contribution in [0.3, 0.4) is 0 Å². The fraction of sp³-hybridized carbons (Fsp3) is 0.412. The SMILES string of the molecule is Cl.Cn1nc(C(C)(C)C)cc1C(=O)Nc1cccc(S(=O)(=O)NCCN)c1. The van der Waals surface area contributed by atoms with E-state index in [1.165, 1.54) is 16.8 Å². The molecule has 10 heteroatoms. The van der Waals surface area contributed by atoms with Gasteiger partial charge in [-0.15, -0.1) is 12.4 Å². The van der Waals surface area contributed by atoms with E-state index in [4.69, 9.17) is 5.73 Å². The highest BCUT2D eigenvalue weighted by atomic mass is 35.5. The molecule has 0 saturated carbocycles. The van der Waals surface area contributed by atoms with Gasteiger partial charge in [-0.05, 0) is 24.3 Å². The molecule has 1 aromatic heterocycles. The Morgan fingerprint density at radius 1 is 1.26 bits per heavy atom. The minimum Gasteiger partial charge on any atom is -0.329 e. The number of rotatable bonds is 6. The van der Waals surface area contributed by atoms with Crippen LogP contribution in [0.25, 0.3) is 0 Å². The van der Waals surface area contributed by atoms with Gasteiger partial charge in [-0.1, -0.05) is 26.8 Å². The maximum absolute atomic E-state index is 12.6. The summed E-state index contributed by atoms with van der Waals surface area (Å²) in [5, 5.41) is 7.09. The van der Waals surface area contributed by atoms with Crippen LogP contribution in [0.15, 0.2) is 35.2 Å². The van der Waals surface area contributed by atoms with E-state index >= 15 is 0 Å². The Morgan fingerprint density at radius 3 is 2.48 bits per heavy atom. The van der Waals surface area contributed by atoms with Crippen LogP contribution in [0, 0.1) is 0 Å². The third-order valence-corrected chi connectivity index (χ3v) is 5.18. The van der Waals surface area contributed by atoms with E-state index in [0.29, 0.717) is 11.4 Å². The van der Waals surface area contributed by atoms with Gasteiger partial charge in [-0.2, -0.15) is 5.10 Å². The molecule has 0 radical (unpaired) electrons. The standard InChI is InChI=1S/C17H25N5O3S.ClH/c1-17(2,3)15-11-14(22(4)21-15)16(23)20-12-6-5-7-13(10-12)26(24,25)19-9-8-18;/h5-7,10-11,19H,8-9,18H2,1-4H3,(H,20,23);1H. The lowest BCUT2D eigenvalue weighted by molar-refractivity contribution is 0.101. The average Bonchev–Trinajstić information content (AvgIpc) is 2.95. The van der Waals surface area contributed by atoms with Crippen LogP contribution in [0.2, 0.25) is 0 Å². The topological polar surface area (TPSA) is 119 Å². The summed E-state index contributed by atoms with van der Waals surface area (Å²) in [5.41, 5.74) is 6.72. The van der Waals surface area contributed by atoms with Gasteiger partial charge in [0.05, 0.1) is 10.6 Å². The van der Waals surface area contributed by atoms with Crippen LogP contribution in [0.5, 0.6) is 0 Å². The van der Waals surface area contributed by atoms with E-state index in [1.54, 1.807) is 25.2 Å². The Kier molecular flexibility index (Phi) is 7.56. The number of hydrogen-bond acceptors (Lipinski definition) is 5. The summed E-state index contributed by atoms with van der Waals surface area (Å²) in [7, 11) is -1.97. The first-order valence-electron chi connectivity index (χ1n) is 8.20. The molecular formula is C17H26ClN5O3S. The Labute approximate surface area is 166 Å². The zero-order valence-corrected chi connectivity index (χ0v) is 17.4. The van der Waals surface area contributed by atoms with E-state index in [9.17, 15) is 13.2 Å². The van der Waals surface area contributed by atoms with Crippen molar-refractivity contribution < 1.29 is 13.2 Å². The van der Waals surface area contributed by atoms with E-state index in [-0.39, 0.29) is 41.7 Å². The normalized spacial score (nSPS) is 11.7. The minimum absolute atomic E-state index is 0. The molecule has 0 aliphatic rings. The van der Waals surface area contributed by atoms with Gasteiger partial charge in [0.15, 0.2) is 0 Å². The molecule has 0 saturated heterocycles. The van der Waals surface area contributed by atoms with Gasteiger partial charge in [-0.25, -0.2) is 13.1 Å². The van der Waals surface area contributed by atoms with Crippen molar-refractivity contribution in [1.29, 1.82) is 0 Å². The molecule has 0 bridgehead atoms. The summed E-state index contributed by atoms with van der Waals surface area (Å²) in [5.74, 6) is -0.361. The largest absolute Gasteiger partial charge is 0.329 e. The van der Waals surface area contributed by atoms with Gasteiger partial charge >= 0.3 is 0 Å². The van der Waals surface area contributed by atoms with Crippen LogP contribution < -0.4 is 15.8 Å². The Morgan fingerprint density at radius 2 is 1.93 bits per heavy atom. The number of nitrogens with zero attached hydrogens (tertiary/aromatic N) is 2. The Balaban J connectivity index is 0.00000364. The Bertz CT molecular complexity index is 904. The van der Waals surface area contributed by atoms with Gasteiger partial charge < -0.3 is 11.1 Å². The number of carbonyl (C=O) groups excluding carboxylic acids is 1. The fourth-order valence-electron chi connectivity index (χ4n) is 2.26. The van der Waals surface area contributed by atoms with E-state index in [1.807, 2.05) is 20.8 Å². The first-order chi connectivity index (χ1) is 12.0. The number of nitrogens with two attached hydrogens (primary N) is 1. The predicted molar refractivity (Wildman–Crippen MR) is 108 cm³/mol. The smallest absolute Gasteiger partial charge is 0.273 e. The average molecular weight is 416 g/mol. The number of aryl methyl sites for hydroxylation is 1. The molecule has 0 fully saturated rings. The summed E-state index contributed by atoms with van der Waals surface area (Å²) in [6.45, 7) is 6.38. The molecular weight excluding hydrogens is 390 g/mol. The monoisotopic (exact) mass is 415 g/mol. The molecule has 0 unspecified atom stereocenters.